The first-order valence-corrected chi connectivity index (χ1v) is 8.31. The Kier molecular flexibility index (Phi) is 5.14. The SMILES string of the molecule is O=C(NSc1cccc(-n2cn[nH]2)c1)Nc1ccc(Cl)c(C(F)(F)F)c1. The summed E-state index contributed by atoms with van der Waals surface area (Å²) in [6.07, 6.45) is -3.02. The molecule has 2 aromatic carbocycles. The molecule has 0 bridgehead atoms. The Bertz CT molecular complexity index is 915. The zero-order valence-electron chi connectivity index (χ0n) is 12.8. The number of nitrogens with zero attached hydrogens (tertiary/aromatic N) is 2. The van der Waals surface area contributed by atoms with E-state index in [1.807, 2.05) is 6.07 Å². The number of halogens is 4. The van der Waals surface area contributed by atoms with Crippen LogP contribution in [-0.4, -0.2) is 21.0 Å². The van der Waals surface area contributed by atoms with Crippen molar-refractivity contribution in [2.45, 2.75) is 11.1 Å². The number of alkyl halides is 3. The number of carbonyl (C=O) groups is 1. The van der Waals surface area contributed by atoms with Gasteiger partial charge in [0.1, 0.15) is 6.33 Å². The van der Waals surface area contributed by atoms with E-state index in [9.17, 15) is 18.0 Å². The molecule has 0 unspecified atom stereocenters. The van der Waals surface area contributed by atoms with Gasteiger partial charge in [0.05, 0.1) is 16.3 Å². The summed E-state index contributed by atoms with van der Waals surface area (Å²) in [6, 6.07) is 9.69. The van der Waals surface area contributed by atoms with Crippen LogP contribution >= 0.6 is 23.5 Å². The highest BCUT2D eigenvalue weighted by Gasteiger charge is 2.33. The average molecular weight is 402 g/mol. The van der Waals surface area contributed by atoms with Gasteiger partial charge in [0.2, 0.25) is 0 Å². The Morgan fingerprint density at radius 2 is 2.00 bits per heavy atom. The van der Waals surface area contributed by atoms with Gasteiger partial charge in [-0.2, -0.15) is 13.2 Å². The molecule has 3 rings (SSSR count). The molecule has 1 heterocycles. The molecule has 0 aliphatic heterocycles. The average Bonchev–Trinajstić information content (AvgIpc) is 2.52. The van der Waals surface area contributed by atoms with Crippen molar-refractivity contribution in [3.8, 4) is 5.69 Å². The van der Waals surface area contributed by atoms with Crippen molar-refractivity contribution in [1.29, 1.82) is 0 Å². The minimum Gasteiger partial charge on any atom is -0.307 e. The van der Waals surface area contributed by atoms with Crippen molar-refractivity contribution < 1.29 is 18.0 Å². The van der Waals surface area contributed by atoms with Gasteiger partial charge >= 0.3 is 12.2 Å². The Morgan fingerprint density at radius 3 is 2.65 bits per heavy atom. The van der Waals surface area contributed by atoms with Crippen molar-refractivity contribution in [3.63, 3.8) is 0 Å². The Hall–Kier alpha value is -2.59. The molecule has 0 saturated carbocycles. The number of aromatic nitrogens is 3. The highest BCUT2D eigenvalue weighted by molar-refractivity contribution is 7.98. The highest BCUT2D eigenvalue weighted by atomic mass is 35.5. The van der Waals surface area contributed by atoms with Gasteiger partial charge in [0.25, 0.3) is 0 Å². The van der Waals surface area contributed by atoms with Gasteiger partial charge in [-0.25, -0.2) is 14.7 Å². The fourth-order valence-corrected chi connectivity index (χ4v) is 2.83. The molecule has 0 fully saturated rings. The minimum atomic E-state index is -4.60. The molecule has 0 aliphatic carbocycles. The molecule has 11 heteroatoms. The normalized spacial score (nSPS) is 11.4. The molecule has 136 valence electrons. The molecule has 0 radical (unpaired) electrons. The van der Waals surface area contributed by atoms with E-state index in [1.54, 1.807) is 29.2 Å². The van der Waals surface area contributed by atoms with Crippen LogP contribution in [0.5, 0.6) is 0 Å². The van der Waals surface area contributed by atoms with Crippen LogP contribution in [-0.2, 0) is 6.18 Å². The molecule has 3 aromatic rings. The fraction of sp³-hybridized carbons (Fsp3) is 0.0667. The van der Waals surface area contributed by atoms with E-state index in [-0.39, 0.29) is 5.69 Å². The predicted molar refractivity (Wildman–Crippen MR) is 92.4 cm³/mol. The lowest BCUT2D eigenvalue weighted by Gasteiger charge is -2.12. The molecular weight excluding hydrogens is 391 g/mol. The van der Waals surface area contributed by atoms with Gasteiger partial charge in [-0.1, -0.05) is 17.7 Å². The number of nitrogens with one attached hydrogen (secondary N) is 3. The van der Waals surface area contributed by atoms with Crippen molar-refractivity contribution in [1.82, 2.24) is 19.7 Å². The zero-order valence-corrected chi connectivity index (χ0v) is 14.4. The summed E-state index contributed by atoms with van der Waals surface area (Å²) in [7, 11) is 0. The number of urea groups is 1. The topological polar surface area (TPSA) is 74.7 Å². The first kappa shape index (κ1) is 18.2. The largest absolute Gasteiger partial charge is 0.417 e. The van der Waals surface area contributed by atoms with Crippen molar-refractivity contribution in [3.05, 3.63) is 59.4 Å². The third kappa shape index (κ3) is 4.33. The summed E-state index contributed by atoms with van der Waals surface area (Å²) in [5, 5.41) is 8.34. The van der Waals surface area contributed by atoms with Crippen LogP contribution in [0.2, 0.25) is 5.02 Å². The molecule has 0 saturated heterocycles. The Morgan fingerprint density at radius 1 is 1.23 bits per heavy atom. The standard InChI is InChI=1S/C15H11ClF3N5OS/c16-13-5-4-9(6-12(13)15(17,18)19)21-14(25)22-26-11-3-1-2-10(7-11)24-8-20-23-24/h1-8,23H,(H2,21,22,25). The van der Waals surface area contributed by atoms with Crippen LogP contribution in [0, 0.1) is 0 Å². The van der Waals surface area contributed by atoms with Crippen LogP contribution in [0.1, 0.15) is 5.56 Å². The second-order valence-corrected chi connectivity index (χ2v) is 6.35. The van der Waals surface area contributed by atoms with Crippen LogP contribution in [0.25, 0.3) is 5.69 Å². The van der Waals surface area contributed by atoms with Gasteiger partial charge in [-0.05, 0) is 48.3 Å². The van der Waals surface area contributed by atoms with E-state index in [0.29, 0.717) is 0 Å². The maximum absolute atomic E-state index is 12.8. The molecule has 0 atom stereocenters. The predicted octanol–water partition coefficient (Wildman–Crippen LogP) is 4.70. The van der Waals surface area contributed by atoms with Gasteiger partial charge in [0.15, 0.2) is 0 Å². The van der Waals surface area contributed by atoms with E-state index in [2.05, 4.69) is 20.4 Å². The molecule has 6 nitrogen and oxygen atoms in total. The quantitative estimate of drug-likeness (QED) is 0.555. The van der Waals surface area contributed by atoms with Gasteiger partial charge in [-0.3, -0.25) is 4.72 Å². The monoisotopic (exact) mass is 401 g/mol. The molecular formula is C15H11ClF3N5OS. The number of rotatable bonds is 4. The third-order valence-electron chi connectivity index (χ3n) is 3.23. The number of hydrogen-bond donors (Lipinski definition) is 3. The van der Waals surface area contributed by atoms with Gasteiger partial charge in [0, 0.05) is 10.6 Å². The smallest absolute Gasteiger partial charge is 0.307 e. The summed E-state index contributed by atoms with van der Waals surface area (Å²) in [5.41, 5.74) is -0.213. The maximum Gasteiger partial charge on any atom is 0.417 e. The third-order valence-corrected chi connectivity index (χ3v) is 4.33. The van der Waals surface area contributed by atoms with E-state index >= 15 is 0 Å². The number of aromatic amines is 1. The Balaban J connectivity index is 1.62. The molecule has 1 aromatic heterocycles. The summed E-state index contributed by atoms with van der Waals surface area (Å²) >= 11 is 6.56. The van der Waals surface area contributed by atoms with Gasteiger partial charge < -0.3 is 5.32 Å². The fourth-order valence-electron chi connectivity index (χ4n) is 2.02. The van der Waals surface area contributed by atoms with Crippen molar-refractivity contribution in [2.75, 3.05) is 5.32 Å². The van der Waals surface area contributed by atoms with E-state index in [4.69, 9.17) is 11.6 Å². The van der Waals surface area contributed by atoms with Crippen LogP contribution in [0.3, 0.4) is 0 Å². The van der Waals surface area contributed by atoms with Crippen molar-refractivity contribution in [2.24, 2.45) is 0 Å². The number of benzene rings is 2. The maximum atomic E-state index is 12.8. The lowest BCUT2D eigenvalue weighted by molar-refractivity contribution is -0.137. The molecule has 0 aliphatic rings. The first-order chi connectivity index (χ1) is 12.3. The zero-order chi connectivity index (χ0) is 18.7. The Labute approximate surface area is 154 Å². The minimum absolute atomic E-state index is 0.0189. The number of hydrogen-bond acceptors (Lipinski definition) is 3. The van der Waals surface area contributed by atoms with Crippen LogP contribution in [0.4, 0.5) is 23.7 Å². The number of amides is 2. The highest BCUT2D eigenvalue weighted by Crippen LogP contribution is 2.36. The first-order valence-electron chi connectivity index (χ1n) is 7.11. The second kappa shape index (κ2) is 7.34. The second-order valence-electron chi connectivity index (χ2n) is 5.06. The molecule has 3 N–H and O–H groups in total. The summed E-state index contributed by atoms with van der Waals surface area (Å²) in [4.78, 5) is 12.6. The lowest BCUT2D eigenvalue weighted by atomic mass is 10.2. The molecule has 26 heavy (non-hydrogen) atoms. The van der Waals surface area contributed by atoms with Crippen molar-refractivity contribution >= 4 is 35.3 Å². The summed E-state index contributed by atoms with van der Waals surface area (Å²) in [5.74, 6) is 0. The summed E-state index contributed by atoms with van der Waals surface area (Å²) < 4.78 is 42.7. The molecule has 0 spiro atoms. The van der Waals surface area contributed by atoms with E-state index in [1.165, 1.54) is 6.07 Å². The van der Waals surface area contributed by atoms with E-state index < -0.39 is 22.8 Å². The molecule has 2 amide bonds. The summed E-state index contributed by atoms with van der Waals surface area (Å²) in [6.45, 7) is 0. The van der Waals surface area contributed by atoms with Crippen LogP contribution < -0.4 is 10.0 Å². The lowest BCUT2D eigenvalue weighted by Crippen LogP contribution is -2.23. The number of carbonyl (C=O) groups excluding carboxylic acids is 1. The number of H-pyrrole nitrogens is 1. The van der Waals surface area contributed by atoms with Crippen LogP contribution in [0.15, 0.2) is 53.7 Å². The van der Waals surface area contributed by atoms with Gasteiger partial charge in [-0.15, -0.1) is 5.10 Å². The number of anilines is 1. The van der Waals surface area contributed by atoms with E-state index in [0.717, 1.165) is 34.7 Å².